The molecule has 0 radical (unpaired) electrons. The van der Waals surface area contributed by atoms with Crippen LogP contribution in [0, 0.1) is 0 Å². The van der Waals surface area contributed by atoms with E-state index in [4.69, 9.17) is 10.0 Å². The second kappa shape index (κ2) is 5.06. The minimum Gasteiger partial charge on any atom is -0.423 e. The van der Waals surface area contributed by atoms with E-state index in [-0.39, 0.29) is 4.75 Å². The van der Waals surface area contributed by atoms with E-state index in [9.17, 15) is 0 Å². The van der Waals surface area contributed by atoms with Crippen LogP contribution >= 0.6 is 11.8 Å². The van der Waals surface area contributed by atoms with Crippen molar-refractivity contribution in [3.05, 3.63) is 29.8 Å². The van der Waals surface area contributed by atoms with E-state index >= 15 is 0 Å². The van der Waals surface area contributed by atoms with E-state index in [0.29, 0.717) is 5.46 Å². The quantitative estimate of drug-likeness (QED) is 0.762. The lowest BCUT2D eigenvalue weighted by Crippen LogP contribution is -2.29. The molecule has 15 heavy (non-hydrogen) atoms. The van der Waals surface area contributed by atoms with Gasteiger partial charge < -0.3 is 10.0 Å². The number of rotatable bonds is 3. The molecule has 0 spiro atoms. The number of benzene rings is 1. The van der Waals surface area contributed by atoms with Crippen LogP contribution in [-0.4, -0.2) is 21.9 Å². The molecule has 0 saturated heterocycles. The molecule has 0 bridgehead atoms. The average molecular weight is 224 g/mol. The van der Waals surface area contributed by atoms with Gasteiger partial charge in [0.05, 0.1) is 0 Å². The highest BCUT2D eigenvalue weighted by atomic mass is 32.2. The minimum absolute atomic E-state index is 0.230. The van der Waals surface area contributed by atoms with Crippen molar-refractivity contribution in [3.63, 3.8) is 0 Å². The second-order valence-electron chi connectivity index (χ2n) is 4.52. The SMILES string of the molecule is CC(C)(C)SCc1cccc(B(O)O)c1. The molecular formula is C11H17BO2S. The van der Waals surface area contributed by atoms with Crippen LogP contribution < -0.4 is 5.46 Å². The Balaban J connectivity index is 2.66. The fraction of sp³-hybridized carbons (Fsp3) is 0.455. The molecular weight excluding hydrogens is 207 g/mol. The summed E-state index contributed by atoms with van der Waals surface area (Å²) >= 11 is 1.84. The maximum Gasteiger partial charge on any atom is 0.488 e. The van der Waals surface area contributed by atoms with Gasteiger partial charge in [-0.2, -0.15) is 11.8 Å². The molecule has 0 unspecified atom stereocenters. The third-order valence-electron chi connectivity index (χ3n) is 1.92. The van der Waals surface area contributed by atoms with Crippen LogP contribution in [0.5, 0.6) is 0 Å². The first kappa shape index (κ1) is 12.6. The number of thioether (sulfide) groups is 1. The molecule has 0 aliphatic heterocycles. The van der Waals surface area contributed by atoms with Crippen LogP contribution in [-0.2, 0) is 5.75 Å². The van der Waals surface area contributed by atoms with Crippen LogP contribution in [0.15, 0.2) is 24.3 Å². The lowest BCUT2D eigenvalue weighted by Gasteiger charge is -2.17. The molecule has 82 valence electrons. The monoisotopic (exact) mass is 224 g/mol. The van der Waals surface area contributed by atoms with E-state index in [1.807, 2.05) is 30.0 Å². The van der Waals surface area contributed by atoms with Gasteiger partial charge in [0.1, 0.15) is 0 Å². The van der Waals surface area contributed by atoms with Crippen molar-refractivity contribution in [2.75, 3.05) is 0 Å². The molecule has 0 heterocycles. The fourth-order valence-electron chi connectivity index (χ4n) is 1.14. The Morgan fingerprint density at radius 1 is 1.27 bits per heavy atom. The second-order valence-corrected chi connectivity index (χ2v) is 6.32. The van der Waals surface area contributed by atoms with Gasteiger partial charge in [-0.15, -0.1) is 0 Å². The van der Waals surface area contributed by atoms with Crippen molar-refractivity contribution in [1.29, 1.82) is 0 Å². The highest BCUT2D eigenvalue weighted by Gasteiger charge is 2.13. The highest BCUT2D eigenvalue weighted by Crippen LogP contribution is 2.26. The summed E-state index contributed by atoms with van der Waals surface area (Å²) < 4.78 is 0.230. The zero-order chi connectivity index (χ0) is 11.5. The van der Waals surface area contributed by atoms with E-state index in [1.54, 1.807) is 6.07 Å². The molecule has 0 fully saturated rings. The molecule has 0 amide bonds. The first-order valence-electron chi connectivity index (χ1n) is 4.97. The van der Waals surface area contributed by atoms with Gasteiger partial charge in [0.2, 0.25) is 0 Å². The Hall–Kier alpha value is -0.445. The summed E-state index contributed by atoms with van der Waals surface area (Å²) in [5, 5.41) is 18.0. The zero-order valence-electron chi connectivity index (χ0n) is 9.40. The maximum absolute atomic E-state index is 9.02. The summed E-state index contributed by atoms with van der Waals surface area (Å²) in [7, 11) is -1.37. The van der Waals surface area contributed by atoms with Crippen molar-refractivity contribution in [1.82, 2.24) is 0 Å². The molecule has 1 rings (SSSR count). The Bertz CT molecular complexity index is 321. The van der Waals surface area contributed by atoms with Crippen LogP contribution in [0.2, 0.25) is 0 Å². The third kappa shape index (κ3) is 4.73. The summed E-state index contributed by atoms with van der Waals surface area (Å²) in [6, 6.07) is 7.41. The molecule has 2 nitrogen and oxygen atoms in total. The van der Waals surface area contributed by atoms with Crippen LogP contribution in [0.25, 0.3) is 0 Å². The molecule has 0 saturated carbocycles. The number of hydrogen-bond acceptors (Lipinski definition) is 3. The smallest absolute Gasteiger partial charge is 0.423 e. The Morgan fingerprint density at radius 2 is 1.93 bits per heavy atom. The van der Waals surface area contributed by atoms with E-state index < -0.39 is 7.12 Å². The van der Waals surface area contributed by atoms with Crippen LogP contribution in [0.1, 0.15) is 26.3 Å². The summed E-state index contributed by atoms with van der Waals surface area (Å²) in [5.74, 6) is 0.893. The molecule has 2 N–H and O–H groups in total. The summed E-state index contributed by atoms with van der Waals surface area (Å²) in [5.41, 5.74) is 1.68. The average Bonchev–Trinajstić information content (AvgIpc) is 2.14. The Morgan fingerprint density at radius 3 is 2.47 bits per heavy atom. The van der Waals surface area contributed by atoms with E-state index in [1.165, 1.54) is 0 Å². The molecule has 0 aliphatic rings. The van der Waals surface area contributed by atoms with Crippen molar-refractivity contribution in [2.24, 2.45) is 0 Å². The van der Waals surface area contributed by atoms with Gasteiger partial charge in [-0.05, 0) is 11.0 Å². The molecule has 0 aromatic heterocycles. The van der Waals surface area contributed by atoms with Crippen LogP contribution in [0.4, 0.5) is 0 Å². The molecule has 0 aliphatic carbocycles. The predicted octanol–water partition coefficient (Wildman–Crippen LogP) is 1.40. The highest BCUT2D eigenvalue weighted by molar-refractivity contribution is 7.99. The normalized spacial score (nSPS) is 11.5. The standard InChI is InChI=1S/C11H17BO2S/c1-11(2,3)15-8-9-5-4-6-10(7-9)12(13)14/h4-7,13-14H,8H2,1-3H3. The van der Waals surface area contributed by atoms with E-state index in [0.717, 1.165) is 11.3 Å². The lowest BCUT2D eigenvalue weighted by molar-refractivity contribution is 0.425. The Labute approximate surface area is 95.9 Å². The largest absolute Gasteiger partial charge is 0.488 e. The van der Waals surface area contributed by atoms with Crippen molar-refractivity contribution in [2.45, 2.75) is 31.3 Å². The first-order chi connectivity index (χ1) is 6.88. The third-order valence-corrected chi connectivity index (χ3v) is 3.26. The number of hydrogen-bond donors (Lipinski definition) is 2. The summed E-state index contributed by atoms with van der Waals surface area (Å²) in [4.78, 5) is 0. The van der Waals surface area contributed by atoms with Crippen LogP contribution in [0.3, 0.4) is 0 Å². The summed E-state index contributed by atoms with van der Waals surface area (Å²) in [6.45, 7) is 6.51. The minimum atomic E-state index is -1.37. The fourth-order valence-corrected chi connectivity index (χ4v) is 1.92. The van der Waals surface area contributed by atoms with Gasteiger partial charge in [0.25, 0.3) is 0 Å². The van der Waals surface area contributed by atoms with E-state index in [2.05, 4.69) is 20.8 Å². The van der Waals surface area contributed by atoms with Gasteiger partial charge in [-0.25, -0.2) is 0 Å². The lowest BCUT2D eigenvalue weighted by atomic mass is 9.80. The molecule has 4 heteroatoms. The van der Waals surface area contributed by atoms with Crippen molar-refractivity contribution in [3.8, 4) is 0 Å². The van der Waals surface area contributed by atoms with Crippen molar-refractivity contribution >= 4 is 24.3 Å². The summed E-state index contributed by atoms with van der Waals surface area (Å²) in [6.07, 6.45) is 0. The molecule has 1 aromatic rings. The Kier molecular flexibility index (Phi) is 4.26. The molecule has 0 atom stereocenters. The maximum atomic E-state index is 9.02. The van der Waals surface area contributed by atoms with Gasteiger partial charge in [-0.1, -0.05) is 45.0 Å². The zero-order valence-corrected chi connectivity index (χ0v) is 10.2. The first-order valence-corrected chi connectivity index (χ1v) is 5.96. The van der Waals surface area contributed by atoms with Gasteiger partial charge in [0.15, 0.2) is 0 Å². The van der Waals surface area contributed by atoms with Crippen molar-refractivity contribution < 1.29 is 10.0 Å². The van der Waals surface area contributed by atoms with Gasteiger partial charge >= 0.3 is 7.12 Å². The predicted molar refractivity (Wildman–Crippen MR) is 67.3 cm³/mol. The molecule has 1 aromatic carbocycles. The van der Waals surface area contributed by atoms with Gasteiger partial charge in [-0.3, -0.25) is 0 Å². The van der Waals surface area contributed by atoms with Gasteiger partial charge in [0, 0.05) is 10.5 Å². The topological polar surface area (TPSA) is 40.5 Å².